The van der Waals surface area contributed by atoms with E-state index in [2.05, 4.69) is 15.5 Å². The molecule has 26 heavy (non-hydrogen) atoms. The van der Waals surface area contributed by atoms with Crippen LogP contribution >= 0.6 is 11.6 Å². The van der Waals surface area contributed by atoms with Crippen LogP contribution in [0.4, 0.5) is 0 Å². The van der Waals surface area contributed by atoms with Gasteiger partial charge in [-0.05, 0) is 74.1 Å². The number of aryl methyl sites for hydroxylation is 1. The van der Waals surface area contributed by atoms with Crippen molar-refractivity contribution in [3.8, 4) is 5.75 Å². The van der Waals surface area contributed by atoms with Crippen molar-refractivity contribution in [2.75, 3.05) is 0 Å². The number of fused-ring (bicyclic) bond motifs is 2. The average molecular weight is 372 g/mol. The highest BCUT2D eigenvalue weighted by molar-refractivity contribution is 6.30. The first-order valence-corrected chi connectivity index (χ1v) is 10.2. The molecule has 1 N–H and O–H groups in total. The summed E-state index contributed by atoms with van der Waals surface area (Å²) >= 11 is 6.07. The van der Waals surface area contributed by atoms with E-state index in [-0.39, 0.29) is 11.6 Å². The molecule has 0 spiro atoms. The highest BCUT2D eigenvalue weighted by atomic mass is 35.5. The molecule has 3 fully saturated rings. The largest absolute Gasteiger partial charge is 0.480 e. The maximum atomic E-state index is 6.13. The third kappa shape index (κ3) is 2.26. The van der Waals surface area contributed by atoms with Crippen LogP contribution in [0.3, 0.4) is 0 Å². The van der Waals surface area contributed by atoms with Gasteiger partial charge in [-0.2, -0.15) is 0 Å². The van der Waals surface area contributed by atoms with Gasteiger partial charge in [0.25, 0.3) is 5.89 Å². The fourth-order valence-electron chi connectivity index (χ4n) is 5.04. The van der Waals surface area contributed by atoms with Crippen LogP contribution in [0, 0.1) is 11.8 Å². The van der Waals surface area contributed by atoms with Crippen molar-refractivity contribution in [2.24, 2.45) is 11.8 Å². The molecule has 6 rings (SSSR count). The van der Waals surface area contributed by atoms with E-state index in [1.165, 1.54) is 25.7 Å². The van der Waals surface area contributed by atoms with Gasteiger partial charge in [-0.25, -0.2) is 0 Å². The number of ether oxygens (including phenoxy) is 1. The number of nitrogens with zero attached hydrogens (tertiary/aromatic N) is 2. The topological polar surface area (TPSA) is 60.2 Å². The average Bonchev–Trinajstić information content (AvgIpc) is 2.97. The smallest absolute Gasteiger partial charge is 0.257 e. The first-order chi connectivity index (χ1) is 12.7. The summed E-state index contributed by atoms with van der Waals surface area (Å²) in [6.45, 7) is 0. The van der Waals surface area contributed by atoms with Crippen molar-refractivity contribution in [3.63, 3.8) is 0 Å². The standard InChI is InChI=1S/C20H22ClN3O2/c21-14-5-7-16-12(8-14)4-6-17(25-16)18-23-24-19(26-18)20-10-13(20)9-15(22-20)11-2-1-3-11/h5,7-8,11,13,15,17,22H,1-4,6,9-10H2. The number of halogens is 1. The number of nitrogens with one attached hydrogen (secondary N) is 1. The Hall–Kier alpha value is -1.59. The van der Waals surface area contributed by atoms with E-state index in [4.69, 9.17) is 20.8 Å². The predicted octanol–water partition coefficient (Wildman–Crippen LogP) is 4.17. The van der Waals surface area contributed by atoms with Crippen LogP contribution < -0.4 is 10.1 Å². The van der Waals surface area contributed by atoms with Gasteiger partial charge in [0.2, 0.25) is 5.89 Å². The molecular formula is C20H22ClN3O2. The summed E-state index contributed by atoms with van der Waals surface area (Å²) in [5.41, 5.74) is 1.10. The van der Waals surface area contributed by atoms with E-state index in [1.807, 2.05) is 18.2 Å². The number of benzene rings is 1. The van der Waals surface area contributed by atoms with Gasteiger partial charge in [0.05, 0.1) is 0 Å². The second kappa shape index (κ2) is 5.46. The van der Waals surface area contributed by atoms with Gasteiger partial charge in [-0.3, -0.25) is 0 Å². The van der Waals surface area contributed by atoms with Gasteiger partial charge in [0.1, 0.15) is 11.3 Å². The number of hydrogen-bond acceptors (Lipinski definition) is 5. The molecule has 2 saturated carbocycles. The minimum absolute atomic E-state index is 0.0500. The summed E-state index contributed by atoms with van der Waals surface area (Å²) in [5.74, 6) is 3.76. The molecule has 5 nitrogen and oxygen atoms in total. The fourth-order valence-corrected chi connectivity index (χ4v) is 5.23. The molecule has 1 saturated heterocycles. The molecule has 4 aliphatic rings. The molecule has 1 aromatic carbocycles. The maximum absolute atomic E-state index is 6.13. The number of rotatable bonds is 3. The van der Waals surface area contributed by atoms with Gasteiger partial charge < -0.3 is 14.5 Å². The van der Waals surface area contributed by atoms with Gasteiger partial charge in [-0.15, -0.1) is 10.2 Å². The summed E-state index contributed by atoms with van der Waals surface area (Å²) in [6, 6.07) is 6.40. The summed E-state index contributed by atoms with van der Waals surface area (Å²) in [5, 5.41) is 13.4. The Labute approximate surface area is 157 Å². The Morgan fingerprint density at radius 1 is 1.19 bits per heavy atom. The van der Waals surface area contributed by atoms with Crippen LogP contribution in [0.2, 0.25) is 5.02 Å². The van der Waals surface area contributed by atoms with E-state index in [0.29, 0.717) is 17.9 Å². The zero-order chi connectivity index (χ0) is 17.3. The van der Waals surface area contributed by atoms with Gasteiger partial charge in [0, 0.05) is 11.1 Å². The van der Waals surface area contributed by atoms with Crippen molar-refractivity contribution in [1.29, 1.82) is 0 Å². The lowest BCUT2D eigenvalue weighted by Gasteiger charge is -2.33. The van der Waals surface area contributed by atoms with Crippen molar-refractivity contribution in [1.82, 2.24) is 15.5 Å². The normalized spacial score (nSPS) is 35.3. The number of hydrogen-bond donors (Lipinski definition) is 1. The summed E-state index contributed by atoms with van der Waals surface area (Å²) in [4.78, 5) is 0. The van der Waals surface area contributed by atoms with Crippen LogP contribution in [0.15, 0.2) is 22.6 Å². The molecule has 0 amide bonds. The molecule has 0 bridgehead atoms. The van der Waals surface area contributed by atoms with Crippen molar-refractivity contribution in [3.05, 3.63) is 40.6 Å². The maximum Gasteiger partial charge on any atom is 0.257 e. The Morgan fingerprint density at radius 3 is 2.96 bits per heavy atom. The lowest BCUT2D eigenvalue weighted by Crippen LogP contribution is -2.41. The van der Waals surface area contributed by atoms with Crippen LogP contribution in [0.1, 0.15) is 62.0 Å². The van der Waals surface area contributed by atoms with E-state index in [1.54, 1.807) is 0 Å². The summed E-state index contributed by atoms with van der Waals surface area (Å²) in [6.07, 6.45) is 8.10. The summed E-state index contributed by atoms with van der Waals surface area (Å²) < 4.78 is 12.2. The first-order valence-electron chi connectivity index (χ1n) is 9.78. The SMILES string of the molecule is Clc1ccc2c(c1)CCC(c1nnc(C34CC3CC(C3CCC3)N4)o1)O2. The minimum Gasteiger partial charge on any atom is -0.480 e. The quantitative estimate of drug-likeness (QED) is 0.877. The molecule has 3 heterocycles. The van der Waals surface area contributed by atoms with Crippen molar-refractivity contribution < 1.29 is 9.15 Å². The van der Waals surface area contributed by atoms with Crippen LogP contribution in [-0.2, 0) is 12.0 Å². The van der Waals surface area contributed by atoms with E-state index in [0.717, 1.165) is 47.4 Å². The minimum atomic E-state index is -0.164. The Morgan fingerprint density at radius 2 is 2.12 bits per heavy atom. The van der Waals surface area contributed by atoms with Gasteiger partial charge >= 0.3 is 0 Å². The highest BCUT2D eigenvalue weighted by Gasteiger charge is 2.65. The molecular weight excluding hydrogens is 350 g/mol. The van der Waals surface area contributed by atoms with Gasteiger partial charge in [0.15, 0.2) is 6.10 Å². The Balaban J connectivity index is 1.21. The third-order valence-corrected chi connectivity index (χ3v) is 7.11. The van der Waals surface area contributed by atoms with E-state index in [9.17, 15) is 0 Å². The zero-order valence-corrected chi connectivity index (χ0v) is 15.3. The molecule has 4 unspecified atom stereocenters. The van der Waals surface area contributed by atoms with E-state index < -0.39 is 0 Å². The molecule has 0 radical (unpaired) electrons. The number of piperidine rings is 1. The third-order valence-electron chi connectivity index (χ3n) is 6.87. The Bertz CT molecular complexity index is 864. The van der Waals surface area contributed by atoms with Crippen LogP contribution in [-0.4, -0.2) is 16.2 Å². The van der Waals surface area contributed by atoms with E-state index >= 15 is 0 Å². The second-order valence-electron chi connectivity index (χ2n) is 8.39. The van der Waals surface area contributed by atoms with Crippen molar-refractivity contribution in [2.45, 2.75) is 62.6 Å². The molecule has 4 atom stereocenters. The zero-order valence-electron chi connectivity index (χ0n) is 14.6. The highest BCUT2D eigenvalue weighted by Crippen LogP contribution is 2.60. The van der Waals surface area contributed by atoms with Crippen LogP contribution in [0.5, 0.6) is 5.75 Å². The van der Waals surface area contributed by atoms with Crippen LogP contribution in [0.25, 0.3) is 0 Å². The molecule has 136 valence electrons. The van der Waals surface area contributed by atoms with Crippen molar-refractivity contribution >= 4 is 11.6 Å². The first kappa shape index (κ1) is 15.5. The molecule has 2 aliphatic heterocycles. The molecule has 2 aromatic rings. The second-order valence-corrected chi connectivity index (χ2v) is 8.83. The Kier molecular flexibility index (Phi) is 3.25. The lowest BCUT2D eigenvalue weighted by atomic mass is 9.79. The lowest BCUT2D eigenvalue weighted by molar-refractivity contribution is 0.140. The van der Waals surface area contributed by atoms with Gasteiger partial charge in [-0.1, -0.05) is 18.0 Å². The monoisotopic (exact) mass is 371 g/mol. The fraction of sp³-hybridized carbons (Fsp3) is 0.600. The molecule has 1 aromatic heterocycles. The predicted molar refractivity (Wildman–Crippen MR) is 96.1 cm³/mol. The molecule has 6 heteroatoms. The molecule has 2 aliphatic carbocycles. The summed E-state index contributed by atoms with van der Waals surface area (Å²) in [7, 11) is 0. The number of aromatic nitrogens is 2.